The second kappa shape index (κ2) is 4.78. The van der Waals surface area contributed by atoms with E-state index in [9.17, 15) is 9.18 Å². The molecule has 0 saturated carbocycles. The predicted octanol–water partition coefficient (Wildman–Crippen LogP) is 3.69. The molecule has 0 radical (unpaired) electrons. The maximum absolute atomic E-state index is 13.0. The first-order valence-electron chi connectivity index (χ1n) is 5.85. The first kappa shape index (κ1) is 13.7. The first-order chi connectivity index (χ1) is 8.80. The molecular weight excluding hydrogens is 267 g/mol. The van der Waals surface area contributed by atoms with Gasteiger partial charge < -0.3 is 0 Å². The smallest absolute Gasteiger partial charge is 0.255 e. The summed E-state index contributed by atoms with van der Waals surface area (Å²) in [5.41, 5.74) is 1.46. The molecule has 3 nitrogen and oxygen atoms in total. The number of hydrogen-bond acceptors (Lipinski definition) is 2. The van der Waals surface area contributed by atoms with Crippen molar-refractivity contribution in [3.05, 3.63) is 47.5 Å². The van der Waals surface area contributed by atoms with Gasteiger partial charge in [-0.25, -0.2) is 9.07 Å². The number of rotatable bonds is 2. The number of carbonyl (C=O) groups is 1. The molecule has 0 N–H and O–H groups in total. The molecule has 0 amide bonds. The van der Waals surface area contributed by atoms with Crippen LogP contribution in [0.5, 0.6) is 0 Å². The van der Waals surface area contributed by atoms with Gasteiger partial charge in [-0.05, 0) is 35.9 Å². The normalized spacial score (nSPS) is 11.6. The van der Waals surface area contributed by atoms with E-state index in [-0.39, 0.29) is 11.2 Å². The van der Waals surface area contributed by atoms with Crippen LogP contribution in [0.1, 0.15) is 36.8 Å². The number of nitrogens with zero attached hydrogens (tertiary/aromatic N) is 2. The van der Waals surface area contributed by atoms with Gasteiger partial charge in [-0.2, -0.15) is 5.10 Å². The molecule has 0 bridgehead atoms. The van der Waals surface area contributed by atoms with Crippen LogP contribution in [-0.4, -0.2) is 15.0 Å². The van der Waals surface area contributed by atoms with Gasteiger partial charge >= 0.3 is 0 Å². The van der Waals surface area contributed by atoms with Crippen LogP contribution in [0.25, 0.3) is 5.69 Å². The first-order valence-corrected chi connectivity index (χ1v) is 6.23. The molecule has 0 aliphatic heterocycles. The summed E-state index contributed by atoms with van der Waals surface area (Å²) >= 11 is 5.59. The Kier molecular flexibility index (Phi) is 3.45. The third kappa shape index (κ3) is 2.68. The van der Waals surface area contributed by atoms with Gasteiger partial charge in [0.15, 0.2) is 0 Å². The van der Waals surface area contributed by atoms with E-state index in [0.29, 0.717) is 16.9 Å². The third-order valence-corrected chi connectivity index (χ3v) is 2.97. The number of hydrogen-bond donors (Lipinski definition) is 0. The van der Waals surface area contributed by atoms with E-state index in [1.807, 2.05) is 20.8 Å². The Morgan fingerprint density at radius 2 is 1.84 bits per heavy atom. The zero-order chi connectivity index (χ0) is 14.2. The van der Waals surface area contributed by atoms with Crippen LogP contribution in [0.3, 0.4) is 0 Å². The molecule has 100 valence electrons. The minimum absolute atomic E-state index is 0.315. The molecular formula is C14H14ClFN2O. The van der Waals surface area contributed by atoms with Crippen molar-refractivity contribution in [3.8, 4) is 5.69 Å². The summed E-state index contributed by atoms with van der Waals surface area (Å²) in [6.45, 7) is 5.90. The molecule has 0 unspecified atom stereocenters. The van der Waals surface area contributed by atoms with E-state index in [2.05, 4.69) is 5.10 Å². The Labute approximate surface area is 116 Å². The highest BCUT2D eigenvalue weighted by molar-refractivity contribution is 6.67. The maximum atomic E-state index is 13.0. The van der Waals surface area contributed by atoms with Crippen molar-refractivity contribution in [1.29, 1.82) is 0 Å². The Balaban J connectivity index is 2.64. The average Bonchev–Trinajstić information content (AvgIpc) is 2.74. The van der Waals surface area contributed by atoms with Crippen molar-refractivity contribution in [3.63, 3.8) is 0 Å². The summed E-state index contributed by atoms with van der Waals surface area (Å²) < 4.78 is 14.6. The highest BCUT2D eigenvalue weighted by Crippen LogP contribution is 2.29. The standard InChI is InChI=1S/C14H14ClFN2O/c1-14(2,3)12-11(13(15)19)8-17-18(12)10-6-4-9(16)5-7-10/h4-8H,1-3H3. The van der Waals surface area contributed by atoms with Gasteiger partial charge in [-0.15, -0.1) is 0 Å². The molecule has 2 aromatic rings. The largest absolute Gasteiger partial charge is 0.275 e. The van der Waals surface area contributed by atoms with Gasteiger partial charge in [-0.3, -0.25) is 4.79 Å². The Hall–Kier alpha value is -1.68. The summed E-state index contributed by atoms with van der Waals surface area (Å²) in [6, 6.07) is 5.93. The van der Waals surface area contributed by atoms with E-state index in [1.54, 1.807) is 16.8 Å². The van der Waals surface area contributed by atoms with Gasteiger partial charge in [0, 0.05) is 5.41 Å². The van der Waals surface area contributed by atoms with E-state index < -0.39 is 5.24 Å². The number of carbonyl (C=O) groups excluding carboxylic acids is 1. The summed E-state index contributed by atoms with van der Waals surface area (Å²) in [4.78, 5) is 11.5. The highest BCUT2D eigenvalue weighted by atomic mass is 35.5. The van der Waals surface area contributed by atoms with Crippen molar-refractivity contribution in [2.75, 3.05) is 0 Å². The molecule has 1 aromatic carbocycles. The molecule has 19 heavy (non-hydrogen) atoms. The van der Waals surface area contributed by atoms with E-state index in [0.717, 1.165) is 0 Å². The van der Waals surface area contributed by atoms with Crippen LogP contribution in [0.2, 0.25) is 0 Å². The van der Waals surface area contributed by atoms with Crippen LogP contribution in [-0.2, 0) is 5.41 Å². The van der Waals surface area contributed by atoms with Gasteiger partial charge in [0.2, 0.25) is 0 Å². The van der Waals surface area contributed by atoms with Crippen molar-refractivity contribution in [2.24, 2.45) is 0 Å². The van der Waals surface area contributed by atoms with Crippen LogP contribution < -0.4 is 0 Å². The monoisotopic (exact) mass is 280 g/mol. The fraction of sp³-hybridized carbons (Fsp3) is 0.286. The van der Waals surface area contributed by atoms with E-state index in [1.165, 1.54) is 18.3 Å². The zero-order valence-corrected chi connectivity index (χ0v) is 11.7. The fourth-order valence-corrected chi connectivity index (χ4v) is 2.13. The lowest BCUT2D eigenvalue weighted by molar-refractivity contribution is 0.107. The van der Waals surface area contributed by atoms with Crippen LogP contribution in [0, 0.1) is 5.82 Å². The van der Waals surface area contributed by atoms with Crippen molar-refractivity contribution in [2.45, 2.75) is 26.2 Å². The van der Waals surface area contributed by atoms with Gasteiger partial charge in [0.25, 0.3) is 5.24 Å². The molecule has 1 aromatic heterocycles. The summed E-state index contributed by atoms with van der Waals surface area (Å²) in [5, 5.41) is 3.65. The van der Waals surface area contributed by atoms with Crippen LogP contribution >= 0.6 is 11.6 Å². The maximum Gasteiger partial charge on any atom is 0.255 e. The zero-order valence-electron chi connectivity index (χ0n) is 10.9. The van der Waals surface area contributed by atoms with Gasteiger partial charge in [-0.1, -0.05) is 20.8 Å². The molecule has 0 atom stereocenters. The molecule has 0 aliphatic rings. The lowest BCUT2D eigenvalue weighted by Crippen LogP contribution is -2.20. The number of aromatic nitrogens is 2. The summed E-state index contributed by atoms with van der Waals surface area (Å²) in [7, 11) is 0. The fourth-order valence-electron chi connectivity index (χ4n) is 1.99. The predicted molar refractivity (Wildman–Crippen MR) is 72.4 cm³/mol. The Morgan fingerprint density at radius 3 is 2.32 bits per heavy atom. The minimum Gasteiger partial charge on any atom is -0.275 e. The van der Waals surface area contributed by atoms with Crippen molar-refractivity contribution >= 4 is 16.8 Å². The second-order valence-corrected chi connectivity index (χ2v) is 5.66. The summed E-state index contributed by atoms with van der Waals surface area (Å²) in [6.07, 6.45) is 1.44. The van der Waals surface area contributed by atoms with Gasteiger partial charge in [0.1, 0.15) is 5.82 Å². The molecule has 1 heterocycles. The van der Waals surface area contributed by atoms with E-state index >= 15 is 0 Å². The quantitative estimate of drug-likeness (QED) is 0.787. The molecule has 2 rings (SSSR count). The number of benzene rings is 1. The number of halogens is 2. The molecule has 0 saturated heterocycles. The minimum atomic E-state index is -0.543. The second-order valence-electron chi connectivity index (χ2n) is 5.32. The van der Waals surface area contributed by atoms with E-state index in [4.69, 9.17) is 11.6 Å². The van der Waals surface area contributed by atoms with Crippen molar-refractivity contribution < 1.29 is 9.18 Å². The Morgan fingerprint density at radius 1 is 1.26 bits per heavy atom. The Bertz CT molecular complexity index is 611. The third-order valence-electron chi connectivity index (χ3n) is 2.76. The SMILES string of the molecule is CC(C)(C)c1c(C(=O)Cl)cnn1-c1ccc(F)cc1. The topological polar surface area (TPSA) is 34.9 Å². The summed E-state index contributed by atoms with van der Waals surface area (Å²) in [5.74, 6) is -0.318. The van der Waals surface area contributed by atoms with Crippen LogP contribution in [0.4, 0.5) is 4.39 Å². The molecule has 0 aliphatic carbocycles. The molecule has 0 spiro atoms. The van der Waals surface area contributed by atoms with Crippen molar-refractivity contribution in [1.82, 2.24) is 9.78 Å². The lowest BCUT2D eigenvalue weighted by atomic mass is 9.89. The lowest BCUT2D eigenvalue weighted by Gasteiger charge is -2.21. The highest BCUT2D eigenvalue weighted by Gasteiger charge is 2.27. The molecule has 0 fully saturated rings. The average molecular weight is 281 g/mol. The molecule has 5 heteroatoms. The van der Waals surface area contributed by atoms with Gasteiger partial charge in [0.05, 0.1) is 23.1 Å². The van der Waals surface area contributed by atoms with Crippen LogP contribution in [0.15, 0.2) is 30.5 Å².